The summed E-state index contributed by atoms with van der Waals surface area (Å²) in [5.74, 6) is -2.45. The predicted molar refractivity (Wildman–Crippen MR) is 75.3 cm³/mol. The van der Waals surface area contributed by atoms with E-state index in [0.29, 0.717) is 16.7 Å². The molecule has 2 N–H and O–H groups in total. The smallest absolute Gasteiger partial charge is 0.337 e. The van der Waals surface area contributed by atoms with E-state index in [1.807, 2.05) is 6.07 Å². The number of carbonyl (C=O) groups is 2. The number of aryl methyl sites for hydroxylation is 1. The first-order valence-corrected chi connectivity index (χ1v) is 6.09. The monoisotopic (exact) mass is 270 g/mol. The molecule has 4 heteroatoms. The Morgan fingerprint density at radius 3 is 1.95 bits per heavy atom. The van der Waals surface area contributed by atoms with E-state index in [1.165, 1.54) is 0 Å². The minimum Gasteiger partial charge on any atom is -0.478 e. The molecule has 0 atom stereocenters. The zero-order chi connectivity index (χ0) is 14.9. The Kier molecular flexibility index (Phi) is 3.57. The molecular formula is C16H14O4. The molecule has 0 aliphatic rings. The van der Waals surface area contributed by atoms with Gasteiger partial charge in [-0.05, 0) is 36.1 Å². The molecule has 0 aliphatic carbocycles. The Balaban J connectivity index is 2.88. The van der Waals surface area contributed by atoms with Gasteiger partial charge in [-0.15, -0.1) is 0 Å². The maximum atomic E-state index is 11.5. The highest BCUT2D eigenvalue weighted by Crippen LogP contribution is 2.30. The summed E-state index contributed by atoms with van der Waals surface area (Å²) >= 11 is 0. The van der Waals surface area contributed by atoms with Crippen molar-refractivity contribution in [3.05, 3.63) is 58.7 Å². The maximum Gasteiger partial charge on any atom is 0.337 e. The Morgan fingerprint density at radius 1 is 0.900 bits per heavy atom. The SMILES string of the molecule is Cc1cc(-c2ccccc2)c(C(=O)O)c(C(=O)O)c1C. The van der Waals surface area contributed by atoms with E-state index in [9.17, 15) is 19.8 Å². The fourth-order valence-electron chi connectivity index (χ4n) is 2.25. The molecule has 0 unspecified atom stereocenters. The van der Waals surface area contributed by atoms with Gasteiger partial charge < -0.3 is 10.2 Å². The van der Waals surface area contributed by atoms with Gasteiger partial charge >= 0.3 is 11.9 Å². The Hall–Kier alpha value is -2.62. The van der Waals surface area contributed by atoms with Gasteiger partial charge in [-0.25, -0.2) is 9.59 Å². The summed E-state index contributed by atoms with van der Waals surface area (Å²) in [5, 5.41) is 18.7. The Bertz CT molecular complexity index is 687. The van der Waals surface area contributed by atoms with Crippen molar-refractivity contribution >= 4 is 11.9 Å². The first-order valence-electron chi connectivity index (χ1n) is 6.09. The molecule has 0 saturated carbocycles. The van der Waals surface area contributed by atoms with Crippen LogP contribution in [0.15, 0.2) is 36.4 Å². The number of carboxylic acid groups (broad SMARTS) is 2. The van der Waals surface area contributed by atoms with Crippen LogP contribution in [0.4, 0.5) is 0 Å². The zero-order valence-electron chi connectivity index (χ0n) is 11.2. The first-order chi connectivity index (χ1) is 9.43. The lowest BCUT2D eigenvalue weighted by Crippen LogP contribution is -2.13. The van der Waals surface area contributed by atoms with Gasteiger partial charge in [-0.1, -0.05) is 36.4 Å². The number of aromatic carboxylic acids is 2. The Morgan fingerprint density at radius 2 is 1.45 bits per heavy atom. The van der Waals surface area contributed by atoms with Crippen LogP contribution in [0.3, 0.4) is 0 Å². The second-order valence-corrected chi connectivity index (χ2v) is 4.59. The molecule has 0 bridgehead atoms. The van der Waals surface area contributed by atoms with Crippen molar-refractivity contribution in [3.63, 3.8) is 0 Å². The maximum absolute atomic E-state index is 11.5. The van der Waals surface area contributed by atoms with Crippen LogP contribution in [0.2, 0.25) is 0 Å². The van der Waals surface area contributed by atoms with Crippen molar-refractivity contribution < 1.29 is 19.8 Å². The second-order valence-electron chi connectivity index (χ2n) is 4.59. The topological polar surface area (TPSA) is 74.6 Å². The summed E-state index contributed by atoms with van der Waals surface area (Å²) in [5.41, 5.74) is 2.05. The van der Waals surface area contributed by atoms with Crippen molar-refractivity contribution in [1.29, 1.82) is 0 Å². The van der Waals surface area contributed by atoms with Gasteiger partial charge in [0.25, 0.3) is 0 Å². The lowest BCUT2D eigenvalue weighted by atomic mass is 9.89. The fraction of sp³-hybridized carbons (Fsp3) is 0.125. The van der Waals surface area contributed by atoms with Crippen LogP contribution in [0.1, 0.15) is 31.8 Å². The molecule has 0 spiro atoms. The van der Waals surface area contributed by atoms with E-state index in [1.54, 1.807) is 44.2 Å². The van der Waals surface area contributed by atoms with Crippen molar-refractivity contribution in [2.75, 3.05) is 0 Å². The van der Waals surface area contributed by atoms with Crippen LogP contribution < -0.4 is 0 Å². The third kappa shape index (κ3) is 2.28. The van der Waals surface area contributed by atoms with Crippen molar-refractivity contribution in [3.8, 4) is 11.1 Å². The molecule has 2 aromatic carbocycles. The van der Waals surface area contributed by atoms with E-state index in [0.717, 1.165) is 5.56 Å². The van der Waals surface area contributed by atoms with Gasteiger partial charge in [0.1, 0.15) is 0 Å². The van der Waals surface area contributed by atoms with E-state index in [-0.39, 0.29) is 11.1 Å². The van der Waals surface area contributed by atoms with Crippen molar-refractivity contribution in [1.82, 2.24) is 0 Å². The quantitative estimate of drug-likeness (QED) is 0.896. The highest BCUT2D eigenvalue weighted by molar-refractivity contribution is 6.07. The molecule has 0 aliphatic heterocycles. The normalized spacial score (nSPS) is 10.3. The van der Waals surface area contributed by atoms with Crippen LogP contribution >= 0.6 is 0 Å². The summed E-state index contributed by atoms with van der Waals surface area (Å²) in [6, 6.07) is 10.7. The average Bonchev–Trinajstić information content (AvgIpc) is 2.41. The molecule has 2 aromatic rings. The largest absolute Gasteiger partial charge is 0.478 e. The molecule has 0 fully saturated rings. The van der Waals surface area contributed by atoms with Crippen molar-refractivity contribution in [2.45, 2.75) is 13.8 Å². The summed E-state index contributed by atoms with van der Waals surface area (Å²) in [6.07, 6.45) is 0. The number of hydrogen-bond donors (Lipinski definition) is 2. The average molecular weight is 270 g/mol. The Labute approximate surface area is 116 Å². The molecule has 0 aromatic heterocycles. The van der Waals surface area contributed by atoms with Crippen LogP contribution in [0, 0.1) is 13.8 Å². The van der Waals surface area contributed by atoms with E-state index in [2.05, 4.69) is 0 Å². The van der Waals surface area contributed by atoms with E-state index >= 15 is 0 Å². The molecule has 0 radical (unpaired) electrons. The molecule has 0 saturated heterocycles. The second kappa shape index (κ2) is 5.17. The minimum atomic E-state index is -1.23. The van der Waals surface area contributed by atoms with Gasteiger partial charge in [-0.2, -0.15) is 0 Å². The van der Waals surface area contributed by atoms with Gasteiger partial charge in [0, 0.05) is 0 Å². The molecule has 102 valence electrons. The predicted octanol–water partition coefficient (Wildman–Crippen LogP) is 3.37. The lowest BCUT2D eigenvalue weighted by Gasteiger charge is -2.14. The lowest BCUT2D eigenvalue weighted by molar-refractivity contribution is 0.0651. The van der Waals surface area contributed by atoms with Gasteiger partial charge in [0.05, 0.1) is 11.1 Å². The molecule has 20 heavy (non-hydrogen) atoms. The number of rotatable bonds is 3. The molecule has 4 nitrogen and oxygen atoms in total. The third-order valence-corrected chi connectivity index (χ3v) is 3.36. The van der Waals surface area contributed by atoms with Gasteiger partial charge in [0.15, 0.2) is 0 Å². The van der Waals surface area contributed by atoms with E-state index in [4.69, 9.17) is 0 Å². The summed E-state index contributed by atoms with van der Waals surface area (Å²) in [6.45, 7) is 3.40. The summed E-state index contributed by atoms with van der Waals surface area (Å²) in [4.78, 5) is 22.9. The molecule has 0 heterocycles. The van der Waals surface area contributed by atoms with Crippen LogP contribution in [0.25, 0.3) is 11.1 Å². The summed E-state index contributed by atoms with van der Waals surface area (Å²) in [7, 11) is 0. The van der Waals surface area contributed by atoms with Crippen LogP contribution in [-0.2, 0) is 0 Å². The third-order valence-electron chi connectivity index (χ3n) is 3.36. The van der Waals surface area contributed by atoms with Crippen LogP contribution in [0.5, 0.6) is 0 Å². The minimum absolute atomic E-state index is 0.142. The molecule has 0 amide bonds. The van der Waals surface area contributed by atoms with Crippen LogP contribution in [-0.4, -0.2) is 22.2 Å². The number of hydrogen-bond acceptors (Lipinski definition) is 2. The zero-order valence-corrected chi connectivity index (χ0v) is 11.2. The first kappa shape index (κ1) is 13.8. The number of benzene rings is 2. The highest BCUT2D eigenvalue weighted by atomic mass is 16.4. The number of carboxylic acids is 2. The fourth-order valence-corrected chi connectivity index (χ4v) is 2.25. The molecule has 2 rings (SSSR count). The molecular weight excluding hydrogens is 256 g/mol. The van der Waals surface area contributed by atoms with Gasteiger partial charge in [-0.3, -0.25) is 0 Å². The standard InChI is InChI=1S/C16H14O4/c1-9-8-12(11-6-4-3-5-7-11)14(16(19)20)13(10(9)2)15(17)18/h3-8H,1-2H3,(H,17,18)(H,19,20). The highest BCUT2D eigenvalue weighted by Gasteiger charge is 2.24. The van der Waals surface area contributed by atoms with Gasteiger partial charge in [0.2, 0.25) is 0 Å². The van der Waals surface area contributed by atoms with E-state index < -0.39 is 11.9 Å². The summed E-state index contributed by atoms with van der Waals surface area (Å²) < 4.78 is 0. The van der Waals surface area contributed by atoms with Crippen molar-refractivity contribution in [2.24, 2.45) is 0 Å².